The number of urea groups is 1. The first-order chi connectivity index (χ1) is 11.7. The Hall–Kier alpha value is -2.04. The highest BCUT2D eigenvalue weighted by Gasteiger charge is 2.25. The van der Waals surface area contributed by atoms with E-state index in [2.05, 4.69) is 34.4 Å². The van der Waals surface area contributed by atoms with Gasteiger partial charge in [-0.05, 0) is 30.9 Å². The first kappa shape index (κ1) is 16.8. The number of hydrogen-bond donors (Lipinski definition) is 3. The molecule has 3 N–H and O–H groups in total. The summed E-state index contributed by atoms with van der Waals surface area (Å²) >= 11 is 0. The number of imidazole rings is 1. The molecular formula is C19H28N4O. The molecule has 24 heavy (non-hydrogen) atoms. The van der Waals surface area contributed by atoms with E-state index in [1.807, 2.05) is 24.3 Å². The second-order valence-electron chi connectivity index (χ2n) is 6.96. The third-order valence-electron chi connectivity index (χ3n) is 5.14. The number of rotatable bonds is 5. The third kappa shape index (κ3) is 3.89. The van der Waals surface area contributed by atoms with Crippen molar-refractivity contribution in [3.8, 4) is 0 Å². The van der Waals surface area contributed by atoms with E-state index in [-0.39, 0.29) is 12.1 Å². The second kappa shape index (κ2) is 7.69. The number of hydrogen-bond acceptors (Lipinski definition) is 2. The molecule has 1 aliphatic carbocycles. The molecule has 1 aromatic heterocycles. The summed E-state index contributed by atoms with van der Waals surface area (Å²) in [7, 11) is 0. The van der Waals surface area contributed by atoms with E-state index in [0.717, 1.165) is 36.1 Å². The molecule has 0 spiro atoms. The molecule has 130 valence electrons. The van der Waals surface area contributed by atoms with E-state index in [0.29, 0.717) is 12.0 Å². The molecule has 5 nitrogen and oxygen atoms in total. The first-order valence-electron chi connectivity index (χ1n) is 9.19. The van der Waals surface area contributed by atoms with Crippen molar-refractivity contribution in [2.24, 2.45) is 5.92 Å². The number of para-hydroxylation sites is 2. The Bertz CT molecular complexity index is 642. The van der Waals surface area contributed by atoms with Gasteiger partial charge in [0.05, 0.1) is 17.1 Å². The molecule has 0 bridgehead atoms. The van der Waals surface area contributed by atoms with Crippen molar-refractivity contribution < 1.29 is 4.79 Å². The Balaban J connectivity index is 1.72. The van der Waals surface area contributed by atoms with Crippen LogP contribution < -0.4 is 10.6 Å². The lowest BCUT2D eigenvalue weighted by molar-refractivity contribution is 0.222. The number of amides is 2. The quantitative estimate of drug-likeness (QED) is 0.766. The average Bonchev–Trinajstić information content (AvgIpc) is 3.03. The van der Waals surface area contributed by atoms with Gasteiger partial charge < -0.3 is 15.6 Å². The summed E-state index contributed by atoms with van der Waals surface area (Å²) in [5, 5.41) is 6.29. The van der Waals surface area contributed by atoms with Crippen LogP contribution in [0.25, 0.3) is 11.0 Å². The Morgan fingerprint density at radius 2 is 2.04 bits per heavy atom. The summed E-state index contributed by atoms with van der Waals surface area (Å²) in [5.41, 5.74) is 1.95. The van der Waals surface area contributed by atoms with Crippen LogP contribution >= 0.6 is 0 Å². The Labute approximate surface area is 143 Å². The first-order valence-corrected chi connectivity index (χ1v) is 9.19. The highest BCUT2D eigenvalue weighted by molar-refractivity contribution is 5.76. The number of fused-ring (bicyclic) bond motifs is 1. The Kier molecular flexibility index (Phi) is 5.38. The molecule has 2 aromatic rings. The van der Waals surface area contributed by atoms with Gasteiger partial charge in [0.25, 0.3) is 0 Å². The van der Waals surface area contributed by atoms with Crippen molar-refractivity contribution in [1.82, 2.24) is 20.6 Å². The van der Waals surface area contributed by atoms with Gasteiger partial charge >= 0.3 is 6.03 Å². The minimum atomic E-state index is -0.106. The molecule has 2 amide bonds. The zero-order chi connectivity index (χ0) is 16.9. The van der Waals surface area contributed by atoms with Crippen LogP contribution in [0.3, 0.4) is 0 Å². The van der Waals surface area contributed by atoms with E-state index in [1.54, 1.807) is 0 Å². The van der Waals surface area contributed by atoms with Crippen LogP contribution in [-0.2, 0) is 0 Å². The third-order valence-corrected chi connectivity index (χ3v) is 5.14. The van der Waals surface area contributed by atoms with Crippen molar-refractivity contribution in [2.45, 2.75) is 64.5 Å². The molecule has 3 rings (SSSR count). The Morgan fingerprint density at radius 3 is 2.75 bits per heavy atom. The van der Waals surface area contributed by atoms with Gasteiger partial charge in [-0.1, -0.05) is 51.7 Å². The van der Waals surface area contributed by atoms with Crippen LogP contribution in [0, 0.1) is 5.92 Å². The molecule has 1 fully saturated rings. The zero-order valence-electron chi connectivity index (χ0n) is 14.6. The molecule has 0 saturated heterocycles. The maximum Gasteiger partial charge on any atom is 0.315 e. The van der Waals surface area contributed by atoms with E-state index < -0.39 is 0 Å². The van der Waals surface area contributed by atoms with E-state index in [1.165, 1.54) is 19.3 Å². The van der Waals surface area contributed by atoms with E-state index in [4.69, 9.17) is 0 Å². The molecule has 1 aromatic carbocycles. The fraction of sp³-hybridized carbons (Fsp3) is 0.579. The molecule has 5 heteroatoms. The topological polar surface area (TPSA) is 69.8 Å². The Morgan fingerprint density at radius 1 is 1.29 bits per heavy atom. The molecule has 1 saturated carbocycles. The molecule has 2 atom stereocenters. The highest BCUT2D eigenvalue weighted by Crippen LogP contribution is 2.25. The summed E-state index contributed by atoms with van der Waals surface area (Å²) < 4.78 is 0. The predicted octanol–water partition coefficient (Wildman–Crippen LogP) is 4.28. The van der Waals surface area contributed by atoms with Crippen LogP contribution in [0.2, 0.25) is 0 Å². The minimum absolute atomic E-state index is 0.0762. The number of nitrogens with zero attached hydrogens (tertiary/aromatic N) is 1. The molecule has 1 aliphatic rings. The summed E-state index contributed by atoms with van der Waals surface area (Å²) in [4.78, 5) is 20.5. The van der Waals surface area contributed by atoms with Crippen molar-refractivity contribution in [3.63, 3.8) is 0 Å². The predicted molar refractivity (Wildman–Crippen MR) is 96.8 cm³/mol. The summed E-state index contributed by atoms with van der Waals surface area (Å²) in [5.74, 6) is 1.15. The number of nitrogens with one attached hydrogen (secondary N) is 3. The van der Waals surface area contributed by atoms with Gasteiger partial charge in [0.1, 0.15) is 5.82 Å². The summed E-state index contributed by atoms with van der Waals surface area (Å²) in [6, 6.07) is 8.11. The molecular weight excluding hydrogens is 300 g/mol. The molecule has 1 heterocycles. The summed E-state index contributed by atoms with van der Waals surface area (Å²) in [6.45, 7) is 4.29. The maximum absolute atomic E-state index is 12.5. The molecule has 0 radical (unpaired) electrons. The molecule has 0 aliphatic heterocycles. The van der Waals surface area contributed by atoms with Crippen LogP contribution in [0.4, 0.5) is 4.79 Å². The monoisotopic (exact) mass is 328 g/mol. The largest absolute Gasteiger partial charge is 0.340 e. The van der Waals surface area contributed by atoms with Gasteiger partial charge in [-0.2, -0.15) is 0 Å². The van der Waals surface area contributed by atoms with Gasteiger partial charge in [-0.3, -0.25) is 0 Å². The van der Waals surface area contributed by atoms with Crippen molar-refractivity contribution in [1.29, 1.82) is 0 Å². The lowest BCUT2D eigenvalue weighted by atomic mass is 9.95. The number of carbonyl (C=O) groups excluding carboxylic acids is 1. The zero-order valence-corrected chi connectivity index (χ0v) is 14.6. The lowest BCUT2D eigenvalue weighted by Gasteiger charge is -2.26. The van der Waals surface area contributed by atoms with E-state index >= 15 is 0 Å². The van der Waals surface area contributed by atoms with Crippen LogP contribution in [0.15, 0.2) is 24.3 Å². The smallest absolute Gasteiger partial charge is 0.315 e. The maximum atomic E-state index is 12.5. The van der Waals surface area contributed by atoms with E-state index in [9.17, 15) is 4.79 Å². The lowest BCUT2D eigenvalue weighted by Crippen LogP contribution is -2.45. The molecule has 0 unspecified atom stereocenters. The standard InChI is InChI=1S/C19H28N4O/c1-3-13(2)17(18-21-15-11-7-8-12-16(15)22-18)23-19(24)20-14-9-5-4-6-10-14/h7-8,11-14,17H,3-6,9-10H2,1-2H3,(H,21,22)(H2,20,23,24)/t13-,17-/m0/s1. The van der Waals surface area contributed by atoms with Crippen LogP contribution in [0.5, 0.6) is 0 Å². The van der Waals surface area contributed by atoms with Gasteiger partial charge in [0.15, 0.2) is 0 Å². The fourth-order valence-electron chi connectivity index (χ4n) is 3.45. The van der Waals surface area contributed by atoms with Gasteiger partial charge in [0.2, 0.25) is 0 Å². The normalized spacial score (nSPS) is 18.2. The number of aromatic amines is 1. The summed E-state index contributed by atoms with van der Waals surface area (Å²) in [6.07, 6.45) is 6.87. The minimum Gasteiger partial charge on any atom is -0.340 e. The average molecular weight is 328 g/mol. The van der Waals surface area contributed by atoms with Gasteiger partial charge in [-0.15, -0.1) is 0 Å². The van der Waals surface area contributed by atoms with Crippen LogP contribution in [-0.4, -0.2) is 22.0 Å². The van der Waals surface area contributed by atoms with Crippen molar-refractivity contribution in [3.05, 3.63) is 30.1 Å². The number of carbonyl (C=O) groups is 1. The van der Waals surface area contributed by atoms with Crippen molar-refractivity contribution in [2.75, 3.05) is 0 Å². The van der Waals surface area contributed by atoms with Crippen LogP contribution in [0.1, 0.15) is 64.2 Å². The number of H-pyrrole nitrogens is 1. The van der Waals surface area contributed by atoms with Gasteiger partial charge in [-0.25, -0.2) is 9.78 Å². The SMILES string of the molecule is CC[C@H](C)[C@H](NC(=O)NC1CCCCC1)c1nc2ccccc2[nH]1. The number of benzene rings is 1. The van der Waals surface area contributed by atoms with Gasteiger partial charge in [0, 0.05) is 6.04 Å². The van der Waals surface area contributed by atoms with Crippen molar-refractivity contribution >= 4 is 17.1 Å². The highest BCUT2D eigenvalue weighted by atomic mass is 16.2. The fourth-order valence-corrected chi connectivity index (χ4v) is 3.45. The number of aromatic nitrogens is 2. The second-order valence-corrected chi connectivity index (χ2v) is 6.96.